The van der Waals surface area contributed by atoms with Crippen LogP contribution in [0.4, 0.5) is 0 Å². The van der Waals surface area contributed by atoms with Crippen LogP contribution in [0.15, 0.2) is 28.8 Å². The first kappa shape index (κ1) is 16.0. The molecule has 1 aliphatic carbocycles. The van der Waals surface area contributed by atoms with Gasteiger partial charge in [-0.15, -0.1) is 0 Å². The number of aromatic nitrogens is 2. The van der Waals surface area contributed by atoms with Crippen molar-refractivity contribution in [2.75, 3.05) is 6.54 Å². The van der Waals surface area contributed by atoms with Gasteiger partial charge in [0.25, 0.3) is 0 Å². The van der Waals surface area contributed by atoms with Gasteiger partial charge < -0.3 is 9.42 Å². The van der Waals surface area contributed by atoms with Gasteiger partial charge in [0.1, 0.15) is 0 Å². The molecule has 2 aromatic rings. The molecule has 1 saturated carbocycles. The van der Waals surface area contributed by atoms with Crippen LogP contribution in [0.25, 0.3) is 11.4 Å². The van der Waals surface area contributed by atoms with Crippen LogP contribution in [0.3, 0.4) is 0 Å². The second kappa shape index (κ2) is 6.71. The molecule has 0 bridgehead atoms. The molecule has 0 saturated heterocycles. The quantitative estimate of drug-likeness (QED) is 0.810. The molecule has 0 radical (unpaired) electrons. The van der Waals surface area contributed by atoms with E-state index in [0.29, 0.717) is 29.7 Å². The predicted octanol–water partition coefficient (Wildman–Crippen LogP) is 3.58. The minimum absolute atomic E-state index is 0.179. The SMILES string of the molecule is CC(C)N(CCc1nc(-c2cccc(Cl)c2)no1)C(=O)C1CC1. The van der Waals surface area contributed by atoms with Crippen molar-refractivity contribution in [3.63, 3.8) is 0 Å². The van der Waals surface area contributed by atoms with E-state index < -0.39 is 0 Å². The van der Waals surface area contributed by atoms with Crippen LogP contribution >= 0.6 is 11.6 Å². The lowest BCUT2D eigenvalue weighted by Gasteiger charge is -2.26. The predicted molar refractivity (Wildman–Crippen MR) is 88.0 cm³/mol. The fraction of sp³-hybridized carbons (Fsp3) is 0.471. The fourth-order valence-corrected chi connectivity index (χ4v) is 2.70. The van der Waals surface area contributed by atoms with Gasteiger partial charge in [0.15, 0.2) is 0 Å². The largest absolute Gasteiger partial charge is 0.340 e. The summed E-state index contributed by atoms with van der Waals surface area (Å²) in [5.41, 5.74) is 0.822. The Morgan fingerprint density at radius 1 is 1.43 bits per heavy atom. The van der Waals surface area contributed by atoms with Gasteiger partial charge in [0.05, 0.1) is 0 Å². The molecule has 23 heavy (non-hydrogen) atoms. The molecule has 5 nitrogen and oxygen atoms in total. The molecule has 6 heteroatoms. The average molecular weight is 334 g/mol. The number of halogens is 1. The van der Waals surface area contributed by atoms with Gasteiger partial charge in [-0.25, -0.2) is 0 Å². The van der Waals surface area contributed by atoms with Crippen LogP contribution in [-0.4, -0.2) is 33.5 Å². The molecular weight excluding hydrogens is 314 g/mol. The summed E-state index contributed by atoms with van der Waals surface area (Å²) in [6.45, 7) is 4.67. The van der Waals surface area contributed by atoms with Crippen molar-refractivity contribution >= 4 is 17.5 Å². The van der Waals surface area contributed by atoms with Gasteiger partial charge >= 0.3 is 0 Å². The molecule has 1 aliphatic rings. The maximum absolute atomic E-state index is 12.3. The Hall–Kier alpha value is -1.88. The van der Waals surface area contributed by atoms with E-state index in [9.17, 15) is 4.79 Å². The van der Waals surface area contributed by atoms with E-state index in [1.165, 1.54) is 0 Å². The number of rotatable bonds is 6. The third kappa shape index (κ3) is 3.91. The molecule has 1 heterocycles. The van der Waals surface area contributed by atoms with Crippen molar-refractivity contribution in [2.45, 2.75) is 39.2 Å². The molecule has 0 aliphatic heterocycles. The maximum atomic E-state index is 12.3. The van der Waals surface area contributed by atoms with Crippen molar-refractivity contribution < 1.29 is 9.32 Å². The second-order valence-electron chi connectivity index (χ2n) is 6.17. The Labute approximate surface area is 140 Å². The maximum Gasteiger partial charge on any atom is 0.228 e. The minimum Gasteiger partial charge on any atom is -0.340 e. The van der Waals surface area contributed by atoms with Crippen molar-refractivity contribution in [1.29, 1.82) is 0 Å². The number of carbonyl (C=O) groups is 1. The number of benzene rings is 1. The third-order valence-electron chi connectivity index (χ3n) is 3.95. The van der Waals surface area contributed by atoms with E-state index in [1.54, 1.807) is 12.1 Å². The second-order valence-corrected chi connectivity index (χ2v) is 6.61. The van der Waals surface area contributed by atoms with E-state index in [2.05, 4.69) is 10.1 Å². The molecule has 1 fully saturated rings. The first-order chi connectivity index (χ1) is 11.0. The van der Waals surface area contributed by atoms with Crippen LogP contribution in [0.5, 0.6) is 0 Å². The summed E-state index contributed by atoms with van der Waals surface area (Å²) in [5, 5.41) is 4.63. The van der Waals surface area contributed by atoms with Crippen LogP contribution in [-0.2, 0) is 11.2 Å². The molecule has 0 unspecified atom stereocenters. The highest BCUT2D eigenvalue weighted by Gasteiger charge is 2.34. The van der Waals surface area contributed by atoms with E-state index in [4.69, 9.17) is 16.1 Å². The average Bonchev–Trinajstić information content (AvgIpc) is 3.26. The van der Waals surface area contributed by atoms with Gasteiger partial charge in [0.2, 0.25) is 17.6 Å². The summed E-state index contributed by atoms with van der Waals surface area (Å²) in [6, 6.07) is 7.52. The molecule has 0 N–H and O–H groups in total. The van der Waals surface area contributed by atoms with Gasteiger partial charge in [0, 0.05) is 35.5 Å². The normalized spacial score (nSPS) is 14.3. The lowest BCUT2D eigenvalue weighted by molar-refractivity contribution is -0.134. The van der Waals surface area contributed by atoms with Crippen molar-refractivity contribution in [3.05, 3.63) is 35.2 Å². The molecular formula is C17H20ClN3O2. The summed E-state index contributed by atoms with van der Waals surface area (Å²) in [5.74, 6) is 1.53. The van der Waals surface area contributed by atoms with E-state index in [0.717, 1.165) is 18.4 Å². The Balaban J connectivity index is 1.65. The van der Waals surface area contributed by atoms with E-state index in [-0.39, 0.29) is 17.9 Å². The smallest absolute Gasteiger partial charge is 0.228 e. The molecule has 122 valence electrons. The van der Waals surface area contributed by atoms with Crippen LogP contribution in [0.1, 0.15) is 32.6 Å². The van der Waals surface area contributed by atoms with Gasteiger partial charge in [-0.1, -0.05) is 28.9 Å². The first-order valence-corrected chi connectivity index (χ1v) is 8.31. The molecule has 3 rings (SSSR count). The Morgan fingerprint density at radius 2 is 2.22 bits per heavy atom. The zero-order valence-corrected chi connectivity index (χ0v) is 14.1. The highest BCUT2D eigenvalue weighted by atomic mass is 35.5. The lowest BCUT2D eigenvalue weighted by Crippen LogP contribution is -2.39. The lowest BCUT2D eigenvalue weighted by atomic mass is 10.2. The third-order valence-corrected chi connectivity index (χ3v) is 4.19. The fourth-order valence-electron chi connectivity index (χ4n) is 2.50. The summed E-state index contributed by atoms with van der Waals surface area (Å²) in [6.07, 6.45) is 2.59. The minimum atomic E-state index is 0.179. The summed E-state index contributed by atoms with van der Waals surface area (Å²) in [4.78, 5) is 18.6. The highest BCUT2D eigenvalue weighted by molar-refractivity contribution is 6.30. The molecule has 0 atom stereocenters. The first-order valence-electron chi connectivity index (χ1n) is 7.93. The summed E-state index contributed by atoms with van der Waals surface area (Å²) in [7, 11) is 0. The van der Waals surface area contributed by atoms with E-state index in [1.807, 2.05) is 30.9 Å². The van der Waals surface area contributed by atoms with Gasteiger partial charge in [-0.2, -0.15) is 4.98 Å². The summed E-state index contributed by atoms with van der Waals surface area (Å²) < 4.78 is 5.30. The Kier molecular flexibility index (Phi) is 4.66. The standard InChI is InChI=1S/C17H20ClN3O2/c1-11(2)21(17(22)12-6-7-12)9-8-15-19-16(20-23-15)13-4-3-5-14(18)10-13/h3-5,10-12H,6-9H2,1-2H3. The molecule has 1 aromatic heterocycles. The van der Waals surface area contributed by atoms with Crippen LogP contribution in [0, 0.1) is 5.92 Å². The summed E-state index contributed by atoms with van der Waals surface area (Å²) >= 11 is 5.98. The number of carbonyl (C=O) groups excluding carboxylic acids is 1. The van der Waals surface area contributed by atoms with Gasteiger partial charge in [-0.3, -0.25) is 4.79 Å². The molecule has 0 spiro atoms. The number of hydrogen-bond acceptors (Lipinski definition) is 4. The number of hydrogen-bond donors (Lipinski definition) is 0. The Bertz CT molecular complexity index is 695. The van der Waals surface area contributed by atoms with Crippen molar-refractivity contribution in [3.8, 4) is 11.4 Å². The monoisotopic (exact) mass is 333 g/mol. The van der Waals surface area contributed by atoms with E-state index >= 15 is 0 Å². The van der Waals surface area contributed by atoms with Crippen molar-refractivity contribution in [2.24, 2.45) is 5.92 Å². The number of nitrogens with zero attached hydrogens (tertiary/aromatic N) is 3. The van der Waals surface area contributed by atoms with Gasteiger partial charge in [-0.05, 0) is 38.8 Å². The molecule has 1 amide bonds. The molecule has 1 aromatic carbocycles. The van der Waals surface area contributed by atoms with Crippen LogP contribution in [0.2, 0.25) is 5.02 Å². The topological polar surface area (TPSA) is 59.2 Å². The number of amides is 1. The van der Waals surface area contributed by atoms with Crippen LogP contribution < -0.4 is 0 Å². The zero-order chi connectivity index (χ0) is 16.4. The zero-order valence-electron chi connectivity index (χ0n) is 13.3. The Morgan fingerprint density at radius 3 is 2.87 bits per heavy atom. The van der Waals surface area contributed by atoms with Crippen molar-refractivity contribution in [1.82, 2.24) is 15.0 Å². The highest BCUT2D eigenvalue weighted by Crippen LogP contribution is 2.31.